The molecule has 0 atom stereocenters. The highest BCUT2D eigenvalue weighted by Gasteiger charge is 2.17. The van der Waals surface area contributed by atoms with E-state index in [-0.39, 0.29) is 0 Å². The lowest BCUT2D eigenvalue weighted by molar-refractivity contribution is 0.666. The average molecular weight is 257 g/mol. The van der Waals surface area contributed by atoms with Gasteiger partial charge in [-0.1, -0.05) is 11.6 Å². The number of nitrogens with zero attached hydrogens (tertiary/aromatic N) is 2. The molecule has 2 aromatic rings. The van der Waals surface area contributed by atoms with Gasteiger partial charge in [-0.3, -0.25) is 4.98 Å². The first-order valence-corrected chi connectivity index (χ1v) is 6.64. The number of halogens is 1. The summed E-state index contributed by atoms with van der Waals surface area (Å²) in [5.74, 6) is 0. The highest BCUT2D eigenvalue weighted by atomic mass is 35.5. The van der Waals surface area contributed by atoms with Crippen molar-refractivity contribution >= 4 is 22.5 Å². The number of hydrogen-bond donors (Lipinski definition) is 0. The molecule has 0 saturated heterocycles. The summed E-state index contributed by atoms with van der Waals surface area (Å²) in [6, 6.07) is 8.03. The van der Waals surface area contributed by atoms with Gasteiger partial charge in [-0.15, -0.1) is 0 Å². The van der Waals surface area contributed by atoms with Crippen molar-refractivity contribution in [3.63, 3.8) is 0 Å². The van der Waals surface area contributed by atoms with Crippen molar-refractivity contribution < 1.29 is 0 Å². The molecule has 18 heavy (non-hydrogen) atoms. The molecule has 0 bridgehead atoms. The molecule has 0 aliphatic heterocycles. The Morgan fingerprint density at radius 3 is 2.94 bits per heavy atom. The fourth-order valence-electron chi connectivity index (χ4n) is 2.77. The van der Waals surface area contributed by atoms with Crippen LogP contribution in [0.4, 0.5) is 0 Å². The van der Waals surface area contributed by atoms with Crippen LogP contribution in [0.3, 0.4) is 0 Å². The topological polar surface area (TPSA) is 36.7 Å². The van der Waals surface area contributed by atoms with E-state index in [9.17, 15) is 0 Å². The van der Waals surface area contributed by atoms with Crippen LogP contribution in [0.25, 0.3) is 10.9 Å². The van der Waals surface area contributed by atoms with Gasteiger partial charge in [0.2, 0.25) is 0 Å². The van der Waals surface area contributed by atoms with Crippen molar-refractivity contribution in [3.8, 4) is 6.07 Å². The van der Waals surface area contributed by atoms with Crippen LogP contribution < -0.4 is 0 Å². The summed E-state index contributed by atoms with van der Waals surface area (Å²) in [5, 5.41) is 10.8. The zero-order valence-electron chi connectivity index (χ0n) is 10.0. The summed E-state index contributed by atoms with van der Waals surface area (Å²) >= 11 is 6.06. The molecule has 0 radical (unpaired) electrons. The molecule has 3 rings (SSSR count). The smallest absolute Gasteiger partial charge is 0.0709 e. The Bertz CT molecular complexity index is 656. The summed E-state index contributed by atoms with van der Waals surface area (Å²) in [7, 11) is 0. The Kier molecular flexibility index (Phi) is 2.93. The normalized spacial score (nSPS) is 14.2. The summed E-state index contributed by atoms with van der Waals surface area (Å²) in [6.07, 6.45) is 4.92. The molecule has 1 heterocycles. The number of pyridine rings is 1. The summed E-state index contributed by atoms with van der Waals surface area (Å²) in [5.41, 5.74) is 4.57. The molecule has 2 nitrogen and oxygen atoms in total. The van der Waals surface area contributed by atoms with Crippen molar-refractivity contribution in [1.82, 2.24) is 4.98 Å². The van der Waals surface area contributed by atoms with Crippen LogP contribution in [0.15, 0.2) is 18.2 Å². The number of aromatic nitrogens is 1. The van der Waals surface area contributed by atoms with Gasteiger partial charge in [-0.05, 0) is 55.0 Å². The molecule has 1 aromatic heterocycles. The predicted octanol–water partition coefficient (Wildman–Crippen LogP) is 3.83. The fourth-order valence-corrected chi connectivity index (χ4v) is 2.95. The summed E-state index contributed by atoms with van der Waals surface area (Å²) < 4.78 is 0. The van der Waals surface area contributed by atoms with E-state index < -0.39 is 0 Å². The van der Waals surface area contributed by atoms with Crippen LogP contribution in [-0.2, 0) is 19.3 Å². The summed E-state index contributed by atoms with van der Waals surface area (Å²) in [6.45, 7) is 0. The lowest BCUT2D eigenvalue weighted by atomic mass is 9.89. The minimum atomic E-state index is 0.446. The molecule has 3 heteroatoms. The zero-order chi connectivity index (χ0) is 12.5. The highest BCUT2D eigenvalue weighted by molar-refractivity contribution is 6.31. The minimum absolute atomic E-state index is 0.446. The maximum atomic E-state index is 9.05. The van der Waals surface area contributed by atoms with Gasteiger partial charge < -0.3 is 0 Å². The number of benzene rings is 1. The first-order chi connectivity index (χ1) is 8.79. The number of rotatable bonds is 1. The molecule has 0 saturated carbocycles. The van der Waals surface area contributed by atoms with Gasteiger partial charge in [0.05, 0.1) is 18.0 Å². The zero-order valence-corrected chi connectivity index (χ0v) is 10.8. The molecule has 1 aliphatic carbocycles. The third-order valence-corrected chi connectivity index (χ3v) is 3.83. The third kappa shape index (κ3) is 1.85. The second-order valence-electron chi connectivity index (χ2n) is 4.72. The molecule has 0 spiro atoms. The van der Waals surface area contributed by atoms with Gasteiger partial charge in [-0.2, -0.15) is 5.26 Å². The Balaban J connectivity index is 2.34. The predicted molar refractivity (Wildman–Crippen MR) is 72.7 cm³/mol. The Labute approximate surface area is 111 Å². The molecular formula is C15H13ClN2. The largest absolute Gasteiger partial charge is 0.253 e. The van der Waals surface area contributed by atoms with Crippen molar-refractivity contribution in [1.29, 1.82) is 5.26 Å². The van der Waals surface area contributed by atoms with Gasteiger partial charge in [0.15, 0.2) is 0 Å². The second-order valence-corrected chi connectivity index (χ2v) is 5.16. The first-order valence-electron chi connectivity index (χ1n) is 6.26. The van der Waals surface area contributed by atoms with Gasteiger partial charge >= 0.3 is 0 Å². The maximum absolute atomic E-state index is 9.05. The Morgan fingerprint density at radius 1 is 1.28 bits per heavy atom. The van der Waals surface area contributed by atoms with Gasteiger partial charge in [0.25, 0.3) is 0 Å². The average Bonchev–Trinajstić information content (AvgIpc) is 2.39. The van der Waals surface area contributed by atoms with E-state index in [2.05, 4.69) is 6.07 Å². The number of nitriles is 1. The minimum Gasteiger partial charge on any atom is -0.253 e. The van der Waals surface area contributed by atoms with Crippen LogP contribution in [-0.4, -0.2) is 4.98 Å². The molecule has 0 amide bonds. The lowest BCUT2D eigenvalue weighted by Crippen LogP contribution is -2.09. The SMILES string of the molecule is N#CCc1c2c(nc3ccc(Cl)cc13)CCCC2. The van der Waals surface area contributed by atoms with Gasteiger partial charge in [0, 0.05) is 16.1 Å². The maximum Gasteiger partial charge on any atom is 0.0709 e. The molecule has 0 unspecified atom stereocenters. The summed E-state index contributed by atoms with van der Waals surface area (Å²) in [4.78, 5) is 4.73. The third-order valence-electron chi connectivity index (χ3n) is 3.60. The lowest BCUT2D eigenvalue weighted by Gasteiger charge is -2.19. The van der Waals surface area contributed by atoms with Crippen LogP contribution in [0.5, 0.6) is 0 Å². The van der Waals surface area contributed by atoms with E-state index in [0.29, 0.717) is 11.4 Å². The van der Waals surface area contributed by atoms with E-state index in [1.54, 1.807) is 0 Å². The van der Waals surface area contributed by atoms with E-state index >= 15 is 0 Å². The van der Waals surface area contributed by atoms with Crippen molar-refractivity contribution in [2.24, 2.45) is 0 Å². The van der Waals surface area contributed by atoms with Crippen molar-refractivity contribution in [3.05, 3.63) is 40.0 Å². The van der Waals surface area contributed by atoms with Gasteiger partial charge in [0.1, 0.15) is 0 Å². The molecule has 0 N–H and O–H groups in total. The van der Waals surface area contributed by atoms with Gasteiger partial charge in [-0.25, -0.2) is 0 Å². The van der Waals surface area contributed by atoms with Crippen LogP contribution in [0, 0.1) is 11.3 Å². The molecular weight excluding hydrogens is 244 g/mol. The van der Waals surface area contributed by atoms with E-state index in [0.717, 1.165) is 29.3 Å². The fraction of sp³-hybridized carbons (Fsp3) is 0.333. The Morgan fingerprint density at radius 2 is 2.11 bits per heavy atom. The molecule has 90 valence electrons. The quantitative estimate of drug-likeness (QED) is 0.777. The van der Waals surface area contributed by atoms with Crippen LogP contribution in [0.1, 0.15) is 29.7 Å². The monoisotopic (exact) mass is 256 g/mol. The van der Waals surface area contributed by atoms with E-state index in [4.69, 9.17) is 21.8 Å². The number of aryl methyl sites for hydroxylation is 1. The Hall–Kier alpha value is -1.59. The van der Waals surface area contributed by atoms with Crippen molar-refractivity contribution in [2.75, 3.05) is 0 Å². The van der Waals surface area contributed by atoms with Crippen LogP contribution >= 0.6 is 11.6 Å². The standard InChI is InChI=1S/C15H13ClN2/c16-10-5-6-15-13(9-10)11(7-8-17)12-3-1-2-4-14(12)18-15/h5-6,9H,1-4,7H2. The van der Waals surface area contributed by atoms with Crippen molar-refractivity contribution in [2.45, 2.75) is 32.1 Å². The van der Waals surface area contributed by atoms with E-state index in [1.165, 1.54) is 24.1 Å². The number of hydrogen-bond acceptors (Lipinski definition) is 2. The molecule has 1 aliphatic rings. The highest BCUT2D eigenvalue weighted by Crippen LogP contribution is 2.30. The van der Waals surface area contributed by atoms with Crippen LogP contribution in [0.2, 0.25) is 5.02 Å². The first kappa shape index (κ1) is 11.5. The molecule has 1 aromatic carbocycles. The van der Waals surface area contributed by atoms with E-state index in [1.807, 2.05) is 18.2 Å². The molecule has 0 fully saturated rings. The number of fused-ring (bicyclic) bond motifs is 2. The second kappa shape index (κ2) is 4.59.